The number of nitrogens with zero attached hydrogens (tertiary/aromatic N) is 3. The van der Waals surface area contributed by atoms with Gasteiger partial charge < -0.3 is 4.90 Å². The van der Waals surface area contributed by atoms with Crippen LogP contribution in [0.25, 0.3) is 10.9 Å². The number of aromatic nitrogens is 2. The van der Waals surface area contributed by atoms with Crippen molar-refractivity contribution < 1.29 is 8.78 Å². The fourth-order valence-electron chi connectivity index (χ4n) is 3.10. The topological polar surface area (TPSA) is 29.0 Å². The first kappa shape index (κ1) is 11.1. The molecular formula is C14H13F2N3. The molecular weight excluding hydrogens is 248 g/mol. The molecule has 2 aromatic rings. The summed E-state index contributed by atoms with van der Waals surface area (Å²) in [5.41, 5.74) is -0.00274. The Morgan fingerprint density at radius 1 is 1.16 bits per heavy atom. The molecule has 1 atom stereocenters. The molecule has 5 heteroatoms. The van der Waals surface area contributed by atoms with Crippen molar-refractivity contribution in [3.8, 4) is 0 Å². The maximum absolute atomic E-state index is 13.4. The average molecular weight is 261 g/mol. The fraction of sp³-hybridized carbons (Fsp3) is 0.429. The van der Waals surface area contributed by atoms with Crippen LogP contribution in [-0.4, -0.2) is 29.0 Å². The maximum atomic E-state index is 13.4. The number of alkyl halides is 2. The van der Waals surface area contributed by atoms with Gasteiger partial charge in [0, 0.05) is 37.3 Å². The minimum absolute atomic E-state index is 0.0225. The second-order valence-corrected chi connectivity index (χ2v) is 5.54. The molecule has 3 heterocycles. The zero-order valence-corrected chi connectivity index (χ0v) is 10.3. The molecule has 98 valence electrons. The Hall–Kier alpha value is -1.78. The van der Waals surface area contributed by atoms with Gasteiger partial charge in [-0.1, -0.05) is 6.07 Å². The van der Waals surface area contributed by atoms with Crippen molar-refractivity contribution in [1.29, 1.82) is 0 Å². The lowest BCUT2D eigenvalue weighted by atomic mass is 10.1. The first-order valence-corrected chi connectivity index (χ1v) is 6.44. The van der Waals surface area contributed by atoms with Gasteiger partial charge in [0.15, 0.2) is 5.82 Å². The van der Waals surface area contributed by atoms with Crippen molar-refractivity contribution in [3.05, 3.63) is 30.6 Å². The van der Waals surface area contributed by atoms with E-state index in [2.05, 4.69) is 9.97 Å². The first-order valence-electron chi connectivity index (χ1n) is 6.44. The van der Waals surface area contributed by atoms with Crippen LogP contribution in [0.4, 0.5) is 14.6 Å². The number of hydrogen-bond acceptors (Lipinski definition) is 3. The van der Waals surface area contributed by atoms with E-state index < -0.39 is 11.3 Å². The van der Waals surface area contributed by atoms with E-state index in [1.54, 1.807) is 12.4 Å². The van der Waals surface area contributed by atoms with E-state index >= 15 is 0 Å². The molecule has 0 bridgehead atoms. The number of pyridine rings is 2. The van der Waals surface area contributed by atoms with Gasteiger partial charge in [-0.25, -0.2) is 13.8 Å². The van der Waals surface area contributed by atoms with Crippen LogP contribution in [0, 0.1) is 5.41 Å². The zero-order valence-electron chi connectivity index (χ0n) is 10.3. The second kappa shape index (κ2) is 3.40. The van der Waals surface area contributed by atoms with Crippen LogP contribution in [0.3, 0.4) is 0 Å². The van der Waals surface area contributed by atoms with E-state index in [4.69, 9.17) is 0 Å². The summed E-state index contributed by atoms with van der Waals surface area (Å²) in [6.45, 7) is 1.03. The van der Waals surface area contributed by atoms with Crippen LogP contribution in [-0.2, 0) is 0 Å². The summed E-state index contributed by atoms with van der Waals surface area (Å²) >= 11 is 0. The third-order valence-corrected chi connectivity index (χ3v) is 4.37. The molecule has 4 rings (SSSR count). The van der Waals surface area contributed by atoms with Gasteiger partial charge in [-0.3, -0.25) is 4.98 Å². The molecule has 2 fully saturated rings. The number of halogens is 2. The van der Waals surface area contributed by atoms with Gasteiger partial charge in [0.2, 0.25) is 0 Å². The van der Waals surface area contributed by atoms with E-state index in [0.29, 0.717) is 19.5 Å². The van der Waals surface area contributed by atoms with E-state index in [0.717, 1.165) is 16.7 Å². The largest absolute Gasteiger partial charge is 0.354 e. The Bertz CT molecular complexity index is 653. The van der Waals surface area contributed by atoms with Crippen molar-refractivity contribution in [2.45, 2.75) is 18.8 Å². The van der Waals surface area contributed by atoms with Crippen LogP contribution < -0.4 is 4.90 Å². The Kier molecular flexibility index (Phi) is 1.99. The Morgan fingerprint density at radius 3 is 2.74 bits per heavy atom. The fourth-order valence-corrected chi connectivity index (χ4v) is 3.10. The van der Waals surface area contributed by atoms with Crippen LogP contribution in [0.15, 0.2) is 30.6 Å². The lowest BCUT2D eigenvalue weighted by Crippen LogP contribution is -2.23. The minimum Gasteiger partial charge on any atom is -0.354 e. The van der Waals surface area contributed by atoms with E-state index in [1.165, 1.54) is 0 Å². The summed E-state index contributed by atoms with van der Waals surface area (Å²) in [4.78, 5) is 10.6. The second-order valence-electron chi connectivity index (χ2n) is 5.54. The Balaban J connectivity index is 1.73. The number of anilines is 1. The molecule has 1 spiro atoms. The minimum atomic E-state index is -2.49. The Labute approximate surface area is 109 Å². The van der Waals surface area contributed by atoms with E-state index in [-0.39, 0.29) is 6.42 Å². The van der Waals surface area contributed by atoms with Crippen molar-refractivity contribution in [2.24, 2.45) is 5.41 Å². The third-order valence-electron chi connectivity index (χ3n) is 4.37. The molecule has 0 aromatic carbocycles. The highest BCUT2D eigenvalue weighted by Crippen LogP contribution is 2.65. The van der Waals surface area contributed by atoms with Gasteiger partial charge in [-0.05, 0) is 18.6 Å². The van der Waals surface area contributed by atoms with Gasteiger partial charge in [0.25, 0.3) is 5.92 Å². The monoisotopic (exact) mass is 261 g/mol. The van der Waals surface area contributed by atoms with Crippen LogP contribution >= 0.6 is 0 Å². The number of hydrogen-bond donors (Lipinski definition) is 0. The molecule has 0 radical (unpaired) electrons. The Morgan fingerprint density at radius 2 is 2.00 bits per heavy atom. The average Bonchev–Trinajstić information content (AvgIpc) is 2.74. The van der Waals surface area contributed by atoms with Crippen molar-refractivity contribution in [3.63, 3.8) is 0 Å². The predicted molar refractivity (Wildman–Crippen MR) is 68.4 cm³/mol. The smallest absolute Gasteiger partial charge is 0.256 e. The quantitative estimate of drug-likeness (QED) is 0.790. The number of fused-ring (bicyclic) bond motifs is 1. The SMILES string of the molecule is FC1(F)CC12CCN(c1nccc3cccnc13)C2. The molecule has 0 amide bonds. The van der Waals surface area contributed by atoms with E-state index in [1.807, 2.05) is 23.1 Å². The first-order chi connectivity index (χ1) is 9.11. The predicted octanol–water partition coefficient (Wildman–Crippen LogP) is 2.87. The van der Waals surface area contributed by atoms with Gasteiger partial charge in [0.05, 0.1) is 5.41 Å². The summed E-state index contributed by atoms with van der Waals surface area (Å²) in [6.07, 6.45) is 4.00. The molecule has 1 saturated heterocycles. The van der Waals surface area contributed by atoms with Gasteiger partial charge in [-0.2, -0.15) is 0 Å². The highest BCUT2D eigenvalue weighted by atomic mass is 19.3. The lowest BCUT2D eigenvalue weighted by Gasteiger charge is -2.18. The van der Waals surface area contributed by atoms with Crippen LogP contribution in [0.1, 0.15) is 12.8 Å². The molecule has 3 nitrogen and oxygen atoms in total. The van der Waals surface area contributed by atoms with Gasteiger partial charge in [0.1, 0.15) is 5.52 Å². The highest BCUT2D eigenvalue weighted by Gasteiger charge is 2.72. The van der Waals surface area contributed by atoms with E-state index in [9.17, 15) is 8.78 Å². The maximum Gasteiger partial charge on any atom is 0.256 e. The van der Waals surface area contributed by atoms with Crippen molar-refractivity contribution in [2.75, 3.05) is 18.0 Å². The highest BCUT2D eigenvalue weighted by molar-refractivity contribution is 5.88. The summed E-state index contributed by atoms with van der Waals surface area (Å²) in [7, 11) is 0. The summed E-state index contributed by atoms with van der Waals surface area (Å²) in [5, 5.41) is 0.996. The summed E-state index contributed by atoms with van der Waals surface area (Å²) in [5.74, 6) is -1.75. The van der Waals surface area contributed by atoms with Crippen molar-refractivity contribution >= 4 is 16.7 Å². The third kappa shape index (κ3) is 1.47. The van der Waals surface area contributed by atoms with Crippen LogP contribution in [0.2, 0.25) is 0 Å². The molecule has 1 aliphatic carbocycles. The molecule has 2 aliphatic rings. The molecule has 2 aromatic heterocycles. The molecule has 1 unspecified atom stereocenters. The molecule has 19 heavy (non-hydrogen) atoms. The van der Waals surface area contributed by atoms with Crippen molar-refractivity contribution in [1.82, 2.24) is 9.97 Å². The molecule has 1 saturated carbocycles. The molecule has 1 aliphatic heterocycles. The van der Waals surface area contributed by atoms with Gasteiger partial charge >= 0.3 is 0 Å². The van der Waals surface area contributed by atoms with Gasteiger partial charge in [-0.15, -0.1) is 0 Å². The summed E-state index contributed by atoms with van der Waals surface area (Å²) < 4.78 is 26.9. The molecule has 0 N–H and O–H groups in total. The van der Waals surface area contributed by atoms with Crippen LogP contribution in [0.5, 0.6) is 0 Å². The lowest BCUT2D eigenvalue weighted by molar-refractivity contribution is 0.0711. The standard InChI is InChI=1S/C14H13F2N3/c15-14(16)8-13(14)4-7-19(9-13)12-11-10(3-6-18-12)2-1-5-17-11/h1-3,5-6H,4,7-9H2. The number of rotatable bonds is 1. The summed E-state index contributed by atoms with van der Waals surface area (Å²) in [6, 6.07) is 5.72. The normalized spacial score (nSPS) is 28.2. The zero-order chi connectivity index (χ0) is 13.1.